The SMILES string of the molecule is Cc1c(O[C@]2(c3ccc(O)c(O)c3)Oc3cc(O)cc(O)c3C[C@H]2O)cc(O)c2c1O[C@H](c1ccc(O)c(O)c1)[C@@H](O)C2. The fourth-order valence-corrected chi connectivity index (χ4v) is 5.54. The highest BCUT2D eigenvalue weighted by Gasteiger charge is 2.50. The van der Waals surface area contributed by atoms with Crippen LogP contribution in [0.2, 0.25) is 0 Å². The molecule has 0 unspecified atom stereocenters. The highest BCUT2D eigenvalue weighted by molar-refractivity contribution is 5.59. The summed E-state index contributed by atoms with van der Waals surface area (Å²) in [6.45, 7) is 1.61. The minimum atomic E-state index is -2.14. The molecule has 0 fully saturated rings. The lowest BCUT2D eigenvalue weighted by atomic mass is 9.89. The van der Waals surface area contributed by atoms with E-state index in [1.165, 1.54) is 42.5 Å². The third kappa shape index (κ3) is 4.57. The van der Waals surface area contributed by atoms with Gasteiger partial charge in [-0.3, -0.25) is 0 Å². The largest absolute Gasteiger partial charge is 0.508 e. The van der Waals surface area contributed by atoms with Gasteiger partial charge in [-0.15, -0.1) is 0 Å². The van der Waals surface area contributed by atoms with E-state index in [0.717, 1.165) is 12.1 Å². The van der Waals surface area contributed by atoms with E-state index in [1.807, 2.05) is 0 Å². The van der Waals surface area contributed by atoms with E-state index in [-0.39, 0.29) is 69.8 Å². The zero-order valence-electron chi connectivity index (χ0n) is 22.6. The maximum absolute atomic E-state index is 11.5. The Balaban J connectivity index is 1.47. The van der Waals surface area contributed by atoms with Crippen molar-refractivity contribution in [2.45, 2.75) is 43.9 Å². The van der Waals surface area contributed by atoms with Gasteiger partial charge in [0.25, 0.3) is 0 Å². The molecule has 2 heterocycles. The van der Waals surface area contributed by atoms with Gasteiger partial charge >= 0.3 is 5.79 Å². The number of benzene rings is 4. The first-order valence-electron chi connectivity index (χ1n) is 13.2. The number of rotatable bonds is 4. The number of hydrogen-bond donors (Lipinski definition) is 9. The molecule has 9 N–H and O–H groups in total. The van der Waals surface area contributed by atoms with Gasteiger partial charge in [-0.25, -0.2) is 0 Å². The van der Waals surface area contributed by atoms with Crippen LogP contribution in [0.4, 0.5) is 0 Å². The summed E-state index contributed by atoms with van der Waals surface area (Å²) in [5, 5.41) is 93.7. The van der Waals surface area contributed by atoms with Crippen LogP contribution in [0.25, 0.3) is 0 Å². The lowest BCUT2D eigenvalue weighted by Gasteiger charge is -2.43. The fraction of sp³-hybridized carbons (Fsp3) is 0.226. The smallest absolute Gasteiger partial charge is 0.304 e. The summed E-state index contributed by atoms with van der Waals surface area (Å²) in [7, 11) is 0. The number of aliphatic hydroxyl groups excluding tert-OH is 2. The van der Waals surface area contributed by atoms with Crippen molar-refractivity contribution in [3.8, 4) is 57.5 Å². The van der Waals surface area contributed by atoms with Crippen LogP contribution in [0.1, 0.15) is 33.9 Å². The van der Waals surface area contributed by atoms with Crippen LogP contribution < -0.4 is 14.2 Å². The van der Waals surface area contributed by atoms with Crippen molar-refractivity contribution >= 4 is 0 Å². The van der Waals surface area contributed by atoms with Gasteiger partial charge in [0.15, 0.2) is 23.0 Å². The number of ether oxygens (including phenoxy) is 3. The van der Waals surface area contributed by atoms with Crippen molar-refractivity contribution in [1.29, 1.82) is 0 Å². The lowest BCUT2D eigenvalue weighted by molar-refractivity contribution is -0.203. The number of aliphatic hydroxyl groups is 2. The maximum Gasteiger partial charge on any atom is 0.304 e. The second-order valence-electron chi connectivity index (χ2n) is 10.6. The first-order valence-corrected chi connectivity index (χ1v) is 13.2. The predicted octanol–water partition coefficient (Wildman–Crippen LogP) is 3.20. The van der Waals surface area contributed by atoms with Gasteiger partial charge in [0.1, 0.15) is 46.7 Å². The summed E-state index contributed by atoms with van der Waals surface area (Å²) >= 11 is 0. The Labute approximate surface area is 244 Å². The number of fused-ring (bicyclic) bond motifs is 2. The Morgan fingerprint density at radius 3 is 2.09 bits per heavy atom. The lowest BCUT2D eigenvalue weighted by Crippen LogP contribution is -2.53. The molecule has 0 spiro atoms. The molecule has 12 heteroatoms. The Hall–Kier alpha value is -5.20. The molecule has 43 heavy (non-hydrogen) atoms. The van der Waals surface area contributed by atoms with E-state index in [9.17, 15) is 46.0 Å². The van der Waals surface area contributed by atoms with E-state index in [1.54, 1.807) is 6.92 Å². The Morgan fingerprint density at radius 2 is 1.40 bits per heavy atom. The van der Waals surface area contributed by atoms with Gasteiger partial charge in [-0.05, 0) is 42.8 Å². The fourth-order valence-electron chi connectivity index (χ4n) is 5.54. The van der Waals surface area contributed by atoms with Crippen molar-refractivity contribution < 1.29 is 60.2 Å². The first-order chi connectivity index (χ1) is 20.4. The first kappa shape index (κ1) is 27.9. The Bertz CT molecular complexity index is 1750. The molecule has 4 aromatic carbocycles. The van der Waals surface area contributed by atoms with Gasteiger partial charge < -0.3 is 60.2 Å². The highest BCUT2D eigenvalue weighted by Crippen LogP contribution is 2.50. The third-order valence-electron chi connectivity index (χ3n) is 7.80. The van der Waals surface area contributed by atoms with Gasteiger partial charge in [0, 0.05) is 53.3 Å². The predicted molar refractivity (Wildman–Crippen MR) is 148 cm³/mol. The molecule has 12 nitrogen and oxygen atoms in total. The van der Waals surface area contributed by atoms with E-state index >= 15 is 0 Å². The monoisotopic (exact) mass is 592 g/mol. The average molecular weight is 593 g/mol. The van der Waals surface area contributed by atoms with Crippen LogP contribution >= 0.6 is 0 Å². The molecule has 2 aliphatic heterocycles. The standard InChI is InChI=1S/C31H28O12/c1-13-26(12-22(36)18-10-25(39)30(41-29(13)18)14-2-4-19(33)23(37)6-14)42-31(15-3-5-20(34)24(38)7-15)28(40)11-17-21(35)8-16(32)9-27(17)43-31/h2-9,12,25,28,30,32-40H,10-11H2,1H3/t25-,28+,30+,31+/m0/s1. The molecule has 0 bridgehead atoms. The summed E-state index contributed by atoms with van der Waals surface area (Å²) in [5.41, 5.74) is 1.20. The second-order valence-corrected chi connectivity index (χ2v) is 10.6. The van der Waals surface area contributed by atoms with Crippen LogP contribution in [0, 0.1) is 6.92 Å². The van der Waals surface area contributed by atoms with Gasteiger partial charge in [-0.2, -0.15) is 0 Å². The molecule has 2 aliphatic rings. The number of phenolic OH excluding ortho intramolecular Hbond substituents is 7. The molecular weight excluding hydrogens is 564 g/mol. The van der Waals surface area contributed by atoms with Crippen molar-refractivity contribution in [2.75, 3.05) is 0 Å². The summed E-state index contributed by atoms with van der Waals surface area (Å²) in [6.07, 6.45) is -3.90. The number of aromatic hydroxyl groups is 7. The molecule has 0 aliphatic carbocycles. The van der Waals surface area contributed by atoms with Crippen LogP contribution in [0.3, 0.4) is 0 Å². The van der Waals surface area contributed by atoms with Crippen molar-refractivity contribution in [3.63, 3.8) is 0 Å². The normalized spacial score (nSPS) is 22.5. The van der Waals surface area contributed by atoms with Crippen molar-refractivity contribution in [2.24, 2.45) is 0 Å². The maximum atomic E-state index is 11.5. The van der Waals surface area contributed by atoms with Crippen LogP contribution in [0.15, 0.2) is 54.6 Å². The van der Waals surface area contributed by atoms with Crippen LogP contribution in [-0.4, -0.2) is 58.2 Å². The molecule has 0 amide bonds. The molecule has 0 aromatic heterocycles. The van der Waals surface area contributed by atoms with Crippen molar-refractivity contribution in [3.05, 3.63) is 82.4 Å². The molecule has 4 atom stereocenters. The van der Waals surface area contributed by atoms with Gasteiger partial charge in [-0.1, -0.05) is 6.07 Å². The topological polar surface area (TPSA) is 210 Å². The molecule has 0 saturated carbocycles. The average Bonchev–Trinajstić information content (AvgIpc) is 2.95. The number of hydrogen-bond acceptors (Lipinski definition) is 12. The molecule has 0 radical (unpaired) electrons. The minimum Gasteiger partial charge on any atom is -0.508 e. The second kappa shape index (κ2) is 9.96. The zero-order valence-corrected chi connectivity index (χ0v) is 22.6. The van der Waals surface area contributed by atoms with Gasteiger partial charge in [0.05, 0.1) is 6.10 Å². The Morgan fingerprint density at radius 1 is 0.721 bits per heavy atom. The van der Waals surface area contributed by atoms with Gasteiger partial charge in [0.2, 0.25) is 0 Å². The molecule has 4 aromatic rings. The number of phenols is 7. The zero-order chi connectivity index (χ0) is 30.8. The minimum absolute atomic E-state index is 0.0261. The summed E-state index contributed by atoms with van der Waals surface area (Å²) in [4.78, 5) is 0. The van der Waals surface area contributed by atoms with Crippen LogP contribution in [0.5, 0.6) is 57.5 Å². The summed E-state index contributed by atoms with van der Waals surface area (Å²) < 4.78 is 18.6. The van der Waals surface area contributed by atoms with E-state index in [2.05, 4.69) is 0 Å². The summed E-state index contributed by atoms with van der Waals surface area (Å²) in [6, 6.07) is 11.2. The van der Waals surface area contributed by atoms with Crippen LogP contribution in [-0.2, 0) is 18.6 Å². The molecule has 224 valence electrons. The molecular formula is C31H28O12. The Kier molecular flexibility index (Phi) is 6.48. The highest BCUT2D eigenvalue weighted by atomic mass is 16.7. The van der Waals surface area contributed by atoms with E-state index in [4.69, 9.17) is 14.2 Å². The quantitative estimate of drug-likeness (QED) is 0.157. The van der Waals surface area contributed by atoms with E-state index in [0.29, 0.717) is 11.1 Å². The molecule has 6 rings (SSSR count). The van der Waals surface area contributed by atoms with E-state index < -0.39 is 41.3 Å². The third-order valence-corrected chi connectivity index (χ3v) is 7.80. The molecule has 0 saturated heterocycles. The summed E-state index contributed by atoms with van der Waals surface area (Å²) in [5.74, 6) is -4.72. The van der Waals surface area contributed by atoms with Crippen molar-refractivity contribution in [1.82, 2.24) is 0 Å².